The lowest BCUT2D eigenvalue weighted by atomic mass is 10.3. The molecule has 1 amide bonds. The Labute approximate surface area is 139 Å². The molecule has 7 heteroatoms. The molecule has 0 radical (unpaired) electrons. The van der Waals surface area contributed by atoms with E-state index in [2.05, 4.69) is 31.2 Å². The summed E-state index contributed by atoms with van der Waals surface area (Å²) in [5.74, 6) is 1.35. The highest BCUT2D eigenvalue weighted by molar-refractivity contribution is 7.09. The zero-order valence-corrected chi connectivity index (χ0v) is 13.8. The van der Waals surface area contributed by atoms with Crippen LogP contribution in [-0.4, -0.2) is 27.6 Å². The molecule has 2 aliphatic rings. The van der Waals surface area contributed by atoms with Crippen molar-refractivity contribution in [2.24, 2.45) is 5.92 Å². The number of hydrogen-bond acceptors (Lipinski definition) is 5. The van der Waals surface area contributed by atoms with Crippen LogP contribution < -0.4 is 10.6 Å². The Bertz CT molecular complexity index is 686. The van der Waals surface area contributed by atoms with Gasteiger partial charge in [-0.1, -0.05) is 0 Å². The van der Waals surface area contributed by atoms with Gasteiger partial charge in [-0.3, -0.25) is 9.89 Å². The average Bonchev–Trinajstić information content (AvgIpc) is 3.47. The van der Waals surface area contributed by atoms with Gasteiger partial charge in [-0.2, -0.15) is 5.10 Å². The number of nitrogens with one attached hydrogen (secondary N) is 3. The number of H-pyrrole nitrogens is 1. The van der Waals surface area contributed by atoms with E-state index in [9.17, 15) is 4.79 Å². The van der Waals surface area contributed by atoms with E-state index in [1.165, 1.54) is 31.4 Å². The van der Waals surface area contributed by atoms with Crippen LogP contribution in [0.25, 0.3) is 0 Å². The molecule has 2 fully saturated rings. The van der Waals surface area contributed by atoms with Gasteiger partial charge in [0.05, 0.1) is 12.2 Å². The van der Waals surface area contributed by atoms with Crippen LogP contribution in [0.1, 0.15) is 58.5 Å². The first kappa shape index (κ1) is 14.8. The summed E-state index contributed by atoms with van der Waals surface area (Å²) >= 11 is 1.62. The van der Waals surface area contributed by atoms with Gasteiger partial charge in [-0.05, 0) is 44.2 Å². The smallest absolute Gasteiger partial charge is 0.272 e. The van der Waals surface area contributed by atoms with Crippen LogP contribution in [0.15, 0.2) is 11.4 Å². The van der Waals surface area contributed by atoms with Crippen molar-refractivity contribution >= 4 is 17.2 Å². The molecule has 2 aromatic rings. The minimum absolute atomic E-state index is 0.155. The lowest BCUT2D eigenvalue weighted by molar-refractivity contribution is 0.0946. The van der Waals surface area contributed by atoms with Crippen molar-refractivity contribution in [3.05, 3.63) is 33.5 Å². The number of amides is 1. The van der Waals surface area contributed by atoms with Crippen LogP contribution in [0.2, 0.25) is 0 Å². The third kappa shape index (κ3) is 3.97. The van der Waals surface area contributed by atoms with Crippen LogP contribution >= 0.6 is 11.3 Å². The molecule has 0 spiro atoms. The number of carbonyl (C=O) groups is 1. The van der Waals surface area contributed by atoms with Crippen molar-refractivity contribution in [1.29, 1.82) is 0 Å². The number of rotatable bonds is 8. The average molecular weight is 331 g/mol. The van der Waals surface area contributed by atoms with Crippen LogP contribution in [0, 0.1) is 5.92 Å². The predicted molar refractivity (Wildman–Crippen MR) is 88.3 cm³/mol. The molecule has 0 unspecified atom stereocenters. The number of hydrogen-bond donors (Lipinski definition) is 3. The maximum Gasteiger partial charge on any atom is 0.272 e. The van der Waals surface area contributed by atoms with Gasteiger partial charge < -0.3 is 10.6 Å². The number of carbonyl (C=O) groups excluding carboxylic acids is 1. The fraction of sp³-hybridized carbons (Fsp3) is 0.562. The third-order valence-corrected chi connectivity index (χ3v) is 5.14. The highest BCUT2D eigenvalue weighted by Gasteiger charge is 2.26. The van der Waals surface area contributed by atoms with Gasteiger partial charge in [0.25, 0.3) is 5.91 Å². The minimum atomic E-state index is -0.155. The molecule has 2 aromatic heterocycles. The second kappa shape index (κ2) is 6.41. The highest BCUT2D eigenvalue weighted by Crippen LogP contribution is 2.40. The molecule has 2 aliphatic carbocycles. The van der Waals surface area contributed by atoms with Gasteiger partial charge in [0.1, 0.15) is 10.7 Å². The largest absolute Gasteiger partial charge is 0.344 e. The molecule has 2 heterocycles. The summed E-state index contributed by atoms with van der Waals surface area (Å²) in [6, 6.07) is 1.81. The molecular formula is C16H21N5OS. The van der Waals surface area contributed by atoms with Crippen molar-refractivity contribution in [2.45, 2.75) is 44.7 Å². The maximum absolute atomic E-state index is 12.1. The molecular weight excluding hydrogens is 310 g/mol. The highest BCUT2D eigenvalue weighted by atomic mass is 32.1. The first-order valence-electron chi connectivity index (χ1n) is 8.25. The molecule has 23 heavy (non-hydrogen) atoms. The Hall–Kier alpha value is -1.73. The summed E-state index contributed by atoms with van der Waals surface area (Å²) in [6.07, 6.45) is 5.17. The minimum Gasteiger partial charge on any atom is -0.344 e. The molecule has 4 rings (SSSR count). The first-order valence-corrected chi connectivity index (χ1v) is 9.13. The number of aromatic amines is 1. The van der Waals surface area contributed by atoms with E-state index in [0.717, 1.165) is 29.7 Å². The van der Waals surface area contributed by atoms with Crippen molar-refractivity contribution in [1.82, 2.24) is 25.8 Å². The van der Waals surface area contributed by atoms with Crippen molar-refractivity contribution in [2.75, 3.05) is 6.54 Å². The summed E-state index contributed by atoms with van der Waals surface area (Å²) in [5, 5.41) is 16.4. The Morgan fingerprint density at radius 1 is 1.30 bits per heavy atom. The summed E-state index contributed by atoms with van der Waals surface area (Å²) in [6.45, 7) is 2.25. The fourth-order valence-corrected chi connectivity index (χ4v) is 3.34. The molecule has 0 aliphatic heterocycles. The zero-order chi connectivity index (χ0) is 15.6. The normalized spacial score (nSPS) is 17.4. The van der Waals surface area contributed by atoms with Gasteiger partial charge in [0, 0.05) is 23.5 Å². The standard InChI is InChI=1S/C16H21N5OS/c22-16(18-8-15-19-14(9-23-15)11-3-4-11)13-5-12(20-21-13)7-17-6-10-1-2-10/h5,9-11,17H,1-4,6-8H2,(H,18,22)(H,20,21). The van der Waals surface area contributed by atoms with E-state index in [1.807, 2.05) is 6.07 Å². The van der Waals surface area contributed by atoms with Crippen molar-refractivity contribution in [3.8, 4) is 0 Å². The van der Waals surface area contributed by atoms with E-state index in [-0.39, 0.29) is 5.91 Å². The van der Waals surface area contributed by atoms with Crippen LogP contribution in [-0.2, 0) is 13.1 Å². The van der Waals surface area contributed by atoms with E-state index in [4.69, 9.17) is 0 Å². The zero-order valence-electron chi connectivity index (χ0n) is 13.0. The summed E-state index contributed by atoms with van der Waals surface area (Å²) in [7, 11) is 0. The topological polar surface area (TPSA) is 82.7 Å². The van der Waals surface area contributed by atoms with Crippen molar-refractivity contribution in [3.63, 3.8) is 0 Å². The fourth-order valence-electron chi connectivity index (χ4n) is 2.52. The lowest BCUT2D eigenvalue weighted by Crippen LogP contribution is -2.23. The number of thiazole rings is 1. The summed E-state index contributed by atoms with van der Waals surface area (Å²) < 4.78 is 0. The molecule has 6 nitrogen and oxygen atoms in total. The quantitative estimate of drug-likeness (QED) is 0.692. The molecule has 0 saturated heterocycles. The van der Waals surface area contributed by atoms with Gasteiger partial charge in [0.15, 0.2) is 0 Å². The SMILES string of the molecule is O=C(NCc1nc(C2CC2)cs1)c1cc(CNCC2CC2)[nH]n1. The van der Waals surface area contributed by atoms with Gasteiger partial charge in [0.2, 0.25) is 0 Å². The van der Waals surface area contributed by atoms with E-state index < -0.39 is 0 Å². The van der Waals surface area contributed by atoms with E-state index in [0.29, 0.717) is 18.2 Å². The summed E-state index contributed by atoms with van der Waals surface area (Å²) in [4.78, 5) is 16.7. The number of aromatic nitrogens is 3. The third-order valence-electron chi connectivity index (χ3n) is 4.27. The van der Waals surface area contributed by atoms with Gasteiger partial charge >= 0.3 is 0 Å². The van der Waals surface area contributed by atoms with Gasteiger partial charge in [-0.25, -0.2) is 4.98 Å². The van der Waals surface area contributed by atoms with Gasteiger partial charge in [-0.15, -0.1) is 11.3 Å². The maximum atomic E-state index is 12.1. The molecule has 0 bridgehead atoms. The van der Waals surface area contributed by atoms with Crippen LogP contribution in [0.5, 0.6) is 0 Å². The van der Waals surface area contributed by atoms with Crippen LogP contribution in [0.3, 0.4) is 0 Å². The Morgan fingerprint density at radius 3 is 2.96 bits per heavy atom. The van der Waals surface area contributed by atoms with Crippen molar-refractivity contribution < 1.29 is 4.79 Å². The Kier molecular flexibility index (Phi) is 4.13. The summed E-state index contributed by atoms with van der Waals surface area (Å²) in [5.41, 5.74) is 2.57. The molecule has 0 atom stereocenters. The van der Waals surface area contributed by atoms with E-state index >= 15 is 0 Å². The molecule has 3 N–H and O–H groups in total. The molecule has 122 valence electrons. The molecule has 2 saturated carbocycles. The van der Waals surface area contributed by atoms with E-state index in [1.54, 1.807) is 11.3 Å². The number of nitrogens with zero attached hydrogens (tertiary/aromatic N) is 2. The lowest BCUT2D eigenvalue weighted by Gasteiger charge is -2.00. The first-order chi connectivity index (χ1) is 11.3. The second-order valence-corrected chi connectivity index (χ2v) is 7.42. The Morgan fingerprint density at radius 2 is 2.17 bits per heavy atom. The molecule has 0 aromatic carbocycles. The van der Waals surface area contributed by atoms with Crippen LogP contribution in [0.4, 0.5) is 0 Å². The monoisotopic (exact) mass is 331 g/mol. The Balaban J connectivity index is 1.25. The second-order valence-electron chi connectivity index (χ2n) is 6.48. The predicted octanol–water partition coefficient (Wildman–Crippen LogP) is 2.17.